The van der Waals surface area contributed by atoms with E-state index < -0.39 is 11.6 Å². The fourth-order valence-electron chi connectivity index (χ4n) is 1.68. The van der Waals surface area contributed by atoms with Crippen molar-refractivity contribution in [3.05, 3.63) is 65.0 Å². The van der Waals surface area contributed by atoms with Crippen molar-refractivity contribution in [3.8, 4) is 0 Å². The van der Waals surface area contributed by atoms with Gasteiger partial charge in [-0.05, 0) is 30.7 Å². The Morgan fingerprint density at radius 2 is 2.06 bits per heavy atom. The number of aromatic nitrogens is 1. The van der Waals surface area contributed by atoms with Gasteiger partial charge < -0.3 is 0 Å². The highest BCUT2D eigenvalue weighted by Crippen LogP contribution is 2.14. The first kappa shape index (κ1) is 12.4. The van der Waals surface area contributed by atoms with E-state index in [1.807, 2.05) is 0 Å². The Balaban J connectivity index is 2.24. The number of benzene rings is 1. The lowest BCUT2D eigenvalue weighted by Crippen LogP contribution is -2.06. The van der Waals surface area contributed by atoms with E-state index in [4.69, 9.17) is 0 Å². The van der Waals surface area contributed by atoms with Crippen molar-refractivity contribution in [2.45, 2.75) is 13.3 Å². The minimum Gasteiger partial charge on any atom is -0.294 e. The van der Waals surface area contributed by atoms with Gasteiger partial charge in [0.05, 0.1) is 0 Å². The Kier molecular flexibility index (Phi) is 3.46. The van der Waals surface area contributed by atoms with Gasteiger partial charge in [-0.15, -0.1) is 0 Å². The zero-order valence-corrected chi connectivity index (χ0v) is 9.78. The molecule has 1 aromatic carbocycles. The number of hydrogen-bond donors (Lipinski definition) is 0. The van der Waals surface area contributed by atoms with Crippen LogP contribution in [0.2, 0.25) is 0 Å². The summed E-state index contributed by atoms with van der Waals surface area (Å²) in [6, 6.07) is 7.01. The zero-order chi connectivity index (χ0) is 13.1. The first-order valence-corrected chi connectivity index (χ1v) is 5.46. The van der Waals surface area contributed by atoms with Crippen molar-refractivity contribution in [2.24, 2.45) is 0 Å². The van der Waals surface area contributed by atoms with Crippen molar-refractivity contribution in [2.75, 3.05) is 0 Å². The SMILES string of the molecule is Cc1cc(C(=O)Cc2cccc(F)c2F)ccn1. The molecule has 0 bridgehead atoms. The summed E-state index contributed by atoms with van der Waals surface area (Å²) in [5.41, 5.74) is 1.22. The van der Waals surface area contributed by atoms with Gasteiger partial charge in [-0.1, -0.05) is 12.1 Å². The topological polar surface area (TPSA) is 30.0 Å². The van der Waals surface area contributed by atoms with Gasteiger partial charge in [-0.25, -0.2) is 8.78 Å². The fourth-order valence-corrected chi connectivity index (χ4v) is 1.68. The lowest BCUT2D eigenvalue weighted by Gasteiger charge is -2.04. The minimum atomic E-state index is -0.961. The highest BCUT2D eigenvalue weighted by Gasteiger charge is 2.13. The quantitative estimate of drug-likeness (QED) is 0.780. The summed E-state index contributed by atoms with van der Waals surface area (Å²) in [6.45, 7) is 1.76. The summed E-state index contributed by atoms with van der Waals surface area (Å²) >= 11 is 0. The van der Waals surface area contributed by atoms with Gasteiger partial charge in [0.2, 0.25) is 0 Å². The molecule has 18 heavy (non-hydrogen) atoms. The van der Waals surface area contributed by atoms with E-state index in [1.165, 1.54) is 18.3 Å². The standard InChI is InChI=1S/C14H11F2NO/c1-9-7-10(5-6-17-9)13(18)8-11-3-2-4-12(15)14(11)16/h2-7H,8H2,1H3. The summed E-state index contributed by atoms with van der Waals surface area (Å²) in [4.78, 5) is 15.9. The number of pyridine rings is 1. The molecular formula is C14H11F2NO. The minimum absolute atomic E-state index is 0.0643. The maximum atomic E-state index is 13.4. The third kappa shape index (κ3) is 2.59. The number of nitrogens with zero attached hydrogens (tertiary/aromatic N) is 1. The number of halogens is 2. The van der Waals surface area contributed by atoms with Gasteiger partial charge in [-0.2, -0.15) is 0 Å². The van der Waals surface area contributed by atoms with Crippen LogP contribution in [0.25, 0.3) is 0 Å². The van der Waals surface area contributed by atoms with Crippen molar-refractivity contribution in [1.82, 2.24) is 4.98 Å². The summed E-state index contributed by atoms with van der Waals surface area (Å²) in [6.07, 6.45) is 1.36. The van der Waals surface area contributed by atoms with E-state index in [0.29, 0.717) is 11.3 Å². The molecule has 0 aliphatic rings. The largest absolute Gasteiger partial charge is 0.294 e. The lowest BCUT2D eigenvalue weighted by molar-refractivity contribution is 0.0991. The Labute approximate surface area is 103 Å². The van der Waals surface area contributed by atoms with Gasteiger partial charge in [-0.3, -0.25) is 9.78 Å². The summed E-state index contributed by atoms with van der Waals surface area (Å²) in [7, 11) is 0. The van der Waals surface area contributed by atoms with E-state index in [-0.39, 0.29) is 17.8 Å². The molecule has 2 aromatic rings. The molecule has 0 atom stereocenters. The second-order valence-corrected chi connectivity index (χ2v) is 4.00. The Morgan fingerprint density at radius 1 is 1.28 bits per heavy atom. The first-order chi connectivity index (χ1) is 8.58. The van der Waals surface area contributed by atoms with Crippen molar-refractivity contribution < 1.29 is 13.6 Å². The maximum Gasteiger partial charge on any atom is 0.167 e. The molecule has 0 fully saturated rings. The van der Waals surface area contributed by atoms with Crippen LogP contribution in [0.5, 0.6) is 0 Å². The molecule has 1 heterocycles. The molecule has 0 unspecified atom stereocenters. The monoisotopic (exact) mass is 247 g/mol. The van der Waals surface area contributed by atoms with Crippen LogP contribution in [-0.2, 0) is 6.42 Å². The molecule has 92 valence electrons. The molecular weight excluding hydrogens is 236 g/mol. The molecule has 0 radical (unpaired) electrons. The zero-order valence-electron chi connectivity index (χ0n) is 9.78. The average molecular weight is 247 g/mol. The maximum absolute atomic E-state index is 13.4. The van der Waals surface area contributed by atoms with E-state index in [0.717, 1.165) is 6.07 Å². The smallest absolute Gasteiger partial charge is 0.167 e. The van der Waals surface area contributed by atoms with Gasteiger partial charge in [0, 0.05) is 23.9 Å². The van der Waals surface area contributed by atoms with Gasteiger partial charge >= 0.3 is 0 Å². The summed E-state index contributed by atoms with van der Waals surface area (Å²) < 4.78 is 26.4. The van der Waals surface area contributed by atoms with Crippen LogP contribution >= 0.6 is 0 Å². The van der Waals surface area contributed by atoms with Gasteiger partial charge in [0.1, 0.15) is 0 Å². The second kappa shape index (κ2) is 5.04. The van der Waals surface area contributed by atoms with Crippen LogP contribution < -0.4 is 0 Å². The number of carbonyl (C=O) groups excluding carboxylic acids is 1. The third-order valence-corrected chi connectivity index (χ3v) is 2.60. The van der Waals surface area contributed by atoms with Crippen LogP contribution in [-0.4, -0.2) is 10.8 Å². The predicted molar refractivity (Wildman–Crippen MR) is 63.4 cm³/mol. The third-order valence-electron chi connectivity index (χ3n) is 2.60. The normalized spacial score (nSPS) is 10.4. The number of hydrogen-bond acceptors (Lipinski definition) is 2. The van der Waals surface area contributed by atoms with Crippen LogP contribution in [0.4, 0.5) is 8.78 Å². The van der Waals surface area contributed by atoms with Gasteiger partial charge in [0.25, 0.3) is 0 Å². The molecule has 0 aliphatic heterocycles. The Hall–Kier alpha value is -2.10. The molecule has 0 N–H and O–H groups in total. The predicted octanol–water partition coefficient (Wildman–Crippen LogP) is 3.09. The summed E-state index contributed by atoms with van der Waals surface area (Å²) in [5.74, 6) is -2.16. The van der Waals surface area contributed by atoms with Crippen molar-refractivity contribution in [3.63, 3.8) is 0 Å². The van der Waals surface area contributed by atoms with Crippen LogP contribution in [0.3, 0.4) is 0 Å². The Bertz CT molecular complexity index is 596. The molecule has 2 nitrogen and oxygen atoms in total. The number of Topliss-reactive ketones (excluding diaryl/α,β-unsaturated/α-hetero) is 1. The summed E-state index contributed by atoms with van der Waals surface area (Å²) in [5, 5.41) is 0. The second-order valence-electron chi connectivity index (χ2n) is 4.00. The highest BCUT2D eigenvalue weighted by atomic mass is 19.2. The number of carbonyl (C=O) groups is 1. The van der Waals surface area contributed by atoms with Gasteiger partial charge in [0.15, 0.2) is 17.4 Å². The van der Waals surface area contributed by atoms with Crippen molar-refractivity contribution >= 4 is 5.78 Å². The van der Waals surface area contributed by atoms with E-state index >= 15 is 0 Å². The number of ketones is 1. The molecule has 0 amide bonds. The number of rotatable bonds is 3. The first-order valence-electron chi connectivity index (χ1n) is 5.46. The molecule has 4 heteroatoms. The number of aryl methyl sites for hydroxylation is 1. The highest BCUT2D eigenvalue weighted by molar-refractivity contribution is 5.97. The lowest BCUT2D eigenvalue weighted by atomic mass is 10.0. The van der Waals surface area contributed by atoms with E-state index in [2.05, 4.69) is 4.98 Å². The van der Waals surface area contributed by atoms with Crippen LogP contribution in [0.15, 0.2) is 36.5 Å². The van der Waals surface area contributed by atoms with E-state index in [1.54, 1.807) is 19.1 Å². The van der Waals surface area contributed by atoms with E-state index in [9.17, 15) is 13.6 Å². The molecule has 0 saturated carbocycles. The molecule has 0 saturated heterocycles. The van der Waals surface area contributed by atoms with Crippen molar-refractivity contribution in [1.29, 1.82) is 0 Å². The van der Waals surface area contributed by atoms with Crippen LogP contribution in [0.1, 0.15) is 21.6 Å². The average Bonchev–Trinajstić information content (AvgIpc) is 2.35. The van der Waals surface area contributed by atoms with Crippen LogP contribution in [0, 0.1) is 18.6 Å². The Morgan fingerprint density at radius 3 is 2.78 bits per heavy atom. The fraction of sp³-hybridized carbons (Fsp3) is 0.143. The molecule has 2 rings (SSSR count). The molecule has 0 spiro atoms. The molecule has 1 aromatic heterocycles. The molecule has 0 aliphatic carbocycles.